The van der Waals surface area contributed by atoms with E-state index in [9.17, 15) is 24.0 Å². The Morgan fingerprint density at radius 2 is 1.27 bits per heavy atom. The molecule has 13 heteroatoms. The van der Waals surface area contributed by atoms with Crippen molar-refractivity contribution in [2.45, 2.75) is 50.4 Å². The Kier molecular flexibility index (Phi) is 13.9. The third kappa shape index (κ3) is 11.3. The van der Waals surface area contributed by atoms with Gasteiger partial charge in [0.2, 0.25) is 17.7 Å². The van der Waals surface area contributed by atoms with Crippen LogP contribution in [0.2, 0.25) is 0 Å². The first-order valence-electron chi connectivity index (χ1n) is 9.12. The lowest BCUT2D eigenvalue weighted by molar-refractivity contribution is -0.141. The largest absolute Gasteiger partial charge is 0.481 e. The summed E-state index contributed by atoms with van der Waals surface area (Å²) in [6, 6.07) is -4.47. The van der Waals surface area contributed by atoms with Crippen LogP contribution in [0.15, 0.2) is 0 Å². The van der Waals surface area contributed by atoms with Crippen molar-refractivity contribution in [2.75, 3.05) is 24.0 Å². The molecule has 0 aliphatic rings. The summed E-state index contributed by atoms with van der Waals surface area (Å²) in [5, 5.41) is 25.0. The molecule has 0 radical (unpaired) electrons. The molecule has 3 amide bonds. The fourth-order valence-corrected chi connectivity index (χ4v) is 3.16. The number of hydrogen-bond donors (Lipinski definition) is 6. The number of nitrogens with one attached hydrogen (secondary N) is 3. The molecule has 11 nitrogen and oxygen atoms in total. The molecule has 0 saturated heterocycles. The normalized spacial score (nSPS) is 14.7. The summed E-state index contributed by atoms with van der Waals surface area (Å²) in [4.78, 5) is 59.0. The fourth-order valence-electron chi connectivity index (χ4n) is 2.22. The third-order valence-corrected chi connectivity index (χ3v) is 5.24. The average molecular weight is 467 g/mol. The van der Waals surface area contributed by atoms with Crippen LogP contribution in [-0.4, -0.2) is 88.1 Å². The van der Waals surface area contributed by atoms with Crippen LogP contribution in [-0.2, 0) is 24.0 Å². The van der Waals surface area contributed by atoms with Crippen molar-refractivity contribution in [1.29, 1.82) is 0 Å². The Bertz CT molecular complexity index is 621. The van der Waals surface area contributed by atoms with E-state index in [-0.39, 0.29) is 12.8 Å². The van der Waals surface area contributed by atoms with Gasteiger partial charge in [-0.3, -0.25) is 24.0 Å². The Hall–Kier alpha value is -1.99. The summed E-state index contributed by atoms with van der Waals surface area (Å²) < 4.78 is 0. The number of aliphatic carboxylic acids is 2. The molecule has 30 heavy (non-hydrogen) atoms. The molecule has 0 aliphatic heterocycles. The molecule has 4 unspecified atom stereocenters. The summed E-state index contributed by atoms with van der Waals surface area (Å²) in [5.74, 6) is -3.48. The Labute approximate surface area is 183 Å². The molecule has 0 aromatic rings. The molecule has 0 spiro atoms. The van der Waals surface area contributed by atoms with Crippen LogP contribution in [0.5, 0.6) is 0 Å². The van der Waals surface area contributed by atoms with Gasteiger partial charge in [0.1, 0.15) is 18.1 Å². The smallest absolute Gasteiger partial charge is 0.325 e. The van der Waals surface area contributed by atoms with Gasteiger partial charge in [0, 0.05) is 0 Å². The highest BCUT2D eigenvalue weighted by Crippen LogP contribution is 2.06. The molecule has 0 aromatic carbocycles. The summed E-state index contributed by atoms with van der Waals surface area (Å²) in [6.45, 7) is 1.30. The average Bonchev–Trinajstić information content (AvgIpc) is 2.66. The van der Waals surface area contributed by atoms with Gasteiger partial charge in [0.05, 0.1) is 12.5 Å². The van der Waals surface area contributed by atoms with Crippen LogP contribution >= 0.6 is 23.5 Å². The van der Waals surface area contributed by atoms with E-state index in [0.717, 1.165) is 0 Å². The predicted molar refractivity (Wildman–Crippen MR) is 115 cm³/mol. The molecular formula is C17H30N4O7S2. The third-order valence-electron chi connectivity index (χ3n) is 3.95. The molecule has 0 bridgehead atoms. The van der Waals surface area contributed by atoms with Gasteiger partial charge < -0.3 is 31.9 Å². The molecule has 0 aromatic heterocycles. The highest BCUT2D eigenvalue weighted by atomic mass is 32.2. The lowest BCUT2D eigenvalue weighted by atomic mass is 10.1. The number of nitrogens with two attached hydrogens (primary N) is 1. The van der Waals surface area contributed by atoms with Gasteiger partial charge in [-0.2, -0.15) is 23.5 Å². The maximum absolute atomic E-state index is 12.7. The van der Waals surface area contributed by atoms with Crippen molar-refractivity contribution < 1.29 is 34.2 Å². The number of amides is 3. The summed E-state index contributed by atoms with van der Waals surface area (Å²) in [7, 11) is 0. The minimum atomic E-state index is -1.32. The number of thioether (sulfide) groups is 2. The minimum Gasteiger partial charge on any atom is -0.481 e. The van der Waals surface area contributed by atoms with Crippen LogP contribution in [0.4, 0.5) is 0 Å². The molecule has 0 heterocycles. The minimum absolute atomic E-state index is 0.237. The van der Waals surface area contributed by atoms with Crippen molar-refractivity contribution in [3.8, 4) is 0 Å². The van der Waals surface area contributed by atoms with Crippen LogP contribution in [0, 0.1) is 0 Å². The molecule has 4 atom stereocenters. The zero-order valence-corrected chi connectivity index (χ0v) is 18.8. The quantitative estimate of drug-likeness (QED) is 0.172. The van der Waals surface area contributed by atoms with Gasteiger partial charge in [-0.15, -0.1) is 0 Å². The van der Waals surface area contributed by atoms with Crippen molar-refractivity contribution >= 4 is 53.2 Å². The van der Waals surface area contributed by atoms with Crippen molar-refractivity contribution in [3.05, 3.63) is 0 Å². The van der Waals surface area contributed by atoms with E-state index in [1.54, 1.807) is 0 Å². The van der Waals surface area contributed by atoms with Gasteiger partial charge in [0.25, 0.3) is 0 Å². The lowest BCUT2D eigenvalue weighted by Gasteiger charge is -2.24. The van der Waals surface area contributed by atoms with Crippen LogP contribution in [0.1, 0.15) is 26.2 Å². The van der Waals surface area contributed by atoms with Crippen LogP contribution < -0.4 is 21.7 Å². The van der Waals surface area contributed by atoms with Crippen molar-refractivity contribution in [1.82, 2.24) is 16.0 Å². The number of carboxylic acids is 2. The topological polar surface area (TPSA) is 188 Å². The first kappa shape index (κ1) is 28.0. The predicted octanol–water partition coefficient (Wildman–Crippen LogP) is -1.15. The van der Waals surface area contributed by atoms with Gasteiger partial charge >= 0.3 is 11.9 Å². The van der Waals surface area contributed by atoms with E-state index < -0.39 is 60.2 Å². The highest BCUT2D eigenvalue weighted by Gasteiger charge is 2.29. The monoisotopic (exact) mass is 466 g/mol. The molecule has 0 saturated carbocycles. The standard InChI is InChI=1S/C17H30N4O7S2/c1-9(17(27)28)19-15(25)11(4-6-29-2)21-16(26)12(5-7-30-3)20-14(24)10(18)8-13(22)23/h9-12H,4-8,18H2,1-3H3,(H,19,25)(H,20,24)(H,21,26)(H,22,23)(H,27,28). The Morgan fingerprint density at radius 1 is 0.833 bits per heavy atom. The first-order valence-corrected chi connectivity index (χ1v) is 11.9. The second-order valence-corrected chi connectivity index (χ2v) is 8.43. The molecule has 7 N–H and O–H groups in total. The number of carbonyl (C=O) groups is 5. The maximum atomic E-state index is 12.7. The summed E-state index contributed by atoms with van der Waals surface area (Å²) in [6.07, 6.45) is 3.54. The van der Waals surface area contributed by atoms with Gasteiger partial charge in [-0.25, -0.2) is 0 Å². The number of rotatable bonds is 15. The molecule has 0 rings (SSSR count). The van der Waals surface area contributed by atoms with E-state index in [1.165, 1.54) is 30.4 Å². The SMILES string of the molecule is CSCCC(NC(=O)C(N)CC(=O)O)C(=O)NC(CCSC)C(=O)NC(C)C(=O)O. The number of carboxylic acid groups (broad SMARTS) is 2. The van der Waals surface area contributed by atoms with Crippen molar-refractivity contribution in [2.24, 2.45) is 5.73 Å². The number of carbonyl (C=O) groups excluding carboxylic acids is 3. The first-order chi connectivity index (χ1) is 14.0. The summed E-state index contributed by atoms with van der Waals surface area (Å²) in [5.41, 5.74) is 5.54. The maximum Gasteiger partial charge on any atom is 0.325 e. The fraction of sp³-hybridized carbons (Fsp3) is 0.706. The number of hydrogen-bond acceptors (Lipinski definition) is 8. The molecule has 0 aliphatic carbocycles. The van der Waals surface area contributed by atoms with Crippen molar-refractivity contribution in [3.63, 3.8) is 0 Å². The van der Waals surface area contributed by atoms with E-state index in [1.807, 2.05) is 12.5 Å². The van der Waals surface area contributed by atoms with Crippen LogP contribution in [0.25, 0.3) is 0 Å². The molecule has 0 fully saturated rings. The van der Waals surface area contributed by atoms with E-state index in [0.29, 0.717) is 11.5 Å². The van der Waals surface area contributed by atoms with E-state index >= 15 is 0 Å². The zero-order valence-electron chi connectivity index (χ0n) is 17.2. The second kappa shape index (κ2) is 14.9. The lowest BCUT2D eigenvalue weighted by Crippen LogP contribution is -2.57. The Balaban J connectivity index is 5.25. The van der Waals surface area contributed by atoms with Gasteiger partial charge in [-0.1, -0.05) is 0 Å². The second-order valence-electron chi connectivity index (χ2n) is 6.46. The van der Waals surface area contributed by atoms with Crippen LogP contribution in [0.3, 0.4) is 0 Å². The van der Waals surface area contributed by atoms with E-state index in [2.05, 4.69) is 16.0 Å². The van der Waals surface area contributed by atoms with E-state index in [4.69, 9.17) is 15.9 Å². The highest BCUT2D eigenvalue weighted by molar-refractivity contribution is 7.98. The zero-order chi connectivity index (χ0) is 23.3. The molecular weight excluding hydrogens is 436 g/mol. The summed E-state index contributed by atoms with van der Waals surface area (Å²) >= 11 is 2.89. The molecule has 172 valence electrons. The van der Waals surface area contributed by atoms with Gasteiger partial charge in [0.15, 0.2) is 0 Å². The Morgan fingerprint density at radius 3 is 1.67 bits per heavy atom. The van der Waals surface area contributed by atoms with Gasteiger partial charge in [-0.05, 0) is 43.8 Å².